The topological polar surface area (TPSA) is 112 Å². The molecule has 0 N–H and O–H groups in total. The Morgan fingerprint density at radius 2 is 1.87 bits per heavy atom. The molecule has 10 nitrogen and oxygen atoms in total. The maximum absolute atomic E-state index is 14.1. The number of esters is 1. The molecule has 1 saturated heterocycles. The van der Waals surface area contributed by atoms with Crippen LogP contribution in [0, 0.1) is 12.8 Å². The molecule has 38 heavy (non-hydrogen) atoms. The lowest BCUT2D eigenvalue weighted by Crippen LogP contribution is -2.51. The van der Waals surface area contributed by atoms with Crippen molar-refractivity contribution in [3.63, 3.8) is 0 Å². The molecule has 1 aliphatic carbocycles. The van der Waals surface area contributed by atoms with Gasteiger partial charge < -0.3 is 14.4 Å². The summed E-state index contributed by atoms with van der Waals surface area (Å²) in [7, 11) is 0. The molecule has 0 radical (unpaired) electrons. The van der Waals surface area contributed by atoms with Crippen LogP contribution in [0.3, 0.4) is 0 Å². The van der Waals surface area contributed by atoms with Gasteiger partial charge in [-0.05, 0) is 57.2 Å². The van der Waals surface area contributed by atoms with E-state index in [0.717, 1.165) is 12.1 Å². The summed E-state index contributed by atoms with van der Waals surface area (Å²) in [6.07, 6.45) is 0.0269. The van der Waals surface area contributed by atoms with Gasteiger partial charge in [0.25, 0.3) is 5.91 Å². The third-order valence-corrected chi connectivity index (χ3v) is 6.85. The van der Waals surface area contributed by atoms with E-state index in [1.807, 2.05) is 0 Å². The van der Waals surface area contributed by atoms with Gasteiger partial charge >= 0.3 is 12.1 Å². The van der Waals surface area contributed by atoms with Gasteiger partial charge in [0.05, 0.1) is 30.6 Å². The first-order valence-electron chi connectivity index (χ1n) is 12.2. The first-order chi connectivity index (χ1) is 18.2. The van der Waals surface area contributed by atoms with Gasteiger partial charge in [-0.1, -0.05) is 0 Å². The van der Waals surface area contributed by atoms with Crippen molar-refractivity contribution in [2.45, 2.75) is 57.5 Å². The number of hydrogen-bond donors (Lipinski definition) is 0. The number of alkyl halides is 3. The number of nitrogens with zero attached hydrogens (tertiary/aromatic N) is 6. The molecular formula is C25H25F3N6O4. The van der Waals surface area contributed by atoms with Gasteiger partial charge in [0, 0.05) is 18.0 Å². The second-order valence-corrected chi connectivity index (χ2v) is 9.23. The molecule has 4 heterocycles. The molecule has 0 spiro atoms. The second-order valence-electron chi connectivity index (χ2n) is 9.23. The van der Waals surface area contributed by atoms with Crippen LogP contribution in [0.25, 0.3) is 5.69 Å². The lowest BCUT2D eigenvalue weighted by atomic mass is 9.85. The number of ether oxygens (including phenoxy) is 2. The minimum Gasteiger partial charge on any atom is -0.472 e. The molecule has 5 rings (SSSR count). The fraction of sp³-hybridized carbons (Fsp3) is 0.440. The number of pyridine rings is 2. The van der Waals surface area contributed by atoms with E-state index in [4.69, 9.17) is 9.47 Å². The largest absolute Gasteiger partial charge is 0.472 e. The van der Waals surface area contributed by atoms with Crippen molar-refractivity contribution in [3.8, 4) is 11.6 Å². The number of halogens is 3. The van der Waals surface area contributed by atoms with Crippen LogP contribution in [-0.4, -0.2) is 66.5 Å². The van der Waals surface area contributed by atoms with Crippen molar-refractivity contribution >= 4 is 11.9 Å². The summed E-state index contributed by atoms with van der Waals surface area (Å²) in [5, 5.41) is 8.24. The molecule has 1 amide bonds. The number of fused-ring (bicyclic) bond motifs is 2. The SMILES string of the molecule is CCOC(=O)C1C2CCC(Oc3ccc(C(F)(F)F)cn3)C(C2)N1C(=O)c1nc(C)ccc1-n1nccn1. The number of aromatic nitrogens is 5. The minimum absolute atomic E-state index is 0.00328. The number of amides is 1. The molecule has 1 aliphatic heterocycles. The number of carbonyl (C=O) groups is 2. The zero-order chi connectivity index (χ0) is 27.0. The van der Waals surface area contributed by atoms with Gasteiger partial charge in [0.15, 0.2) is 5.69 Å². The quantitative estimate of drug-likeness (QED) is 0.446. The van der Waals surface area contributed by atoms with E-state index in [2.05, 4.69) is 20.2 Å². The van der Waals surface area contributed by atoms with Gasteiger partial charge in [-0.25, -0.2) is 14.8 Å². The average molecular weight is 531 g/mol. The van der Waals surface area contributed by atoms with Crippen LogP contribution in [0.5, 0.6) is 5.88 Å². The molecule has 4 atom stereocenters. The molecule has 13 heteroatoms. The molecular weight excluding hydrogens is 505 g/mol. The number of aryl methyl sites for hydroxylation is 1. The first-order valence-corrected chi connectivity index (χ1v) is 12.2. The van der Waals surface area contributed by atoms with Crippen molar-refractivity contribution in [1.82, 2.24) is 29.9 Å². The summed E-state index contributed by atoms with van der Waals surface area (Å²) < 4.78 is 50.2. The van der Waals surface area contributed by atoms with Gasteiger partial charge in [-0.2, -0.15) is 23.4 Å². The highest BCUT2D eigenvalue weighted by Crippen LogP contribution is 2.43. The molecule has 2 aliphatic rings. The van der Waals surface area contributed by atoms with Crippen molar-refractivity contribution in [2.24, 2.45) is 5.92 Å². The fourth-order valence-corrected chi connectivity index (χ4v) is 5.21. The highest BCUT2D eigenvalue weighted by molar-refractivity contribution is 5.99. The van der Waals surface area contributed by atoms with Crippen LogP contribution < -0.4 is 4.74 Å². The Morgan fingerprint density at radius 3 is 2.53 bits per heavy atom. The molecule has 2 bridgehead atoms. The monoisotopic (exact) mass is 530 g/mol. The maximum atomic E-state index is 14.1. The average Bonchev–Trinajstić information content (AvgIpc) is 3.52. The predicted molar refractivity (Wildman–Crippen MR) is 125 cm³/mol. The fourth-order valence-electron chi connectivity index (χ4n) is 5.21. The molecule has 3 aromatic rings. The smallest absolute Gasteiger partial charge is 0.417 e. The highest BCUT2D eigenvalue weighted by Gasteiger charge is 2.55. The predicted octanol–water partition coefficient (Wildman–Crippen LogP) is 3.39. The summed E-state index contributed by atoms with van der Waals surface area (Å²) in [4.78, 5) is 38.2. The Morgan fingerprint density at radius 1 is 1.11 bits per heavy atom. The Bertz CT molecular complexity index is 1320. The van der Waals surface area contributed by atoms with Gasteiger partial charge in [-0.15, -0.1) is 4.80 Å². The Kier molecular flexibility index (Phi) is 6.76. The lowest BCUT2D eigenvalue weighted by molar-refractivity contribution is -0.149. The molecule has 0 aromatic carbocycles. The van der Waals surface area contributed by atoms with Crippen LogP contribution >= 0.6 is 0 Å². The van der Waals surface area contributed by atoms with Crippen molar-refractivity contribution < 1.29 is 32.2 Å². The van der Waals surface area contributed by atoms with Crippen molar-refractivity contribution in [2.75, 3.05) is 6.61 Å². The van der Waals surface area contributed by atoms with E-state index in [1.165, 1.54) is 22.1 Å². The van der Waals surface area contributed by atoms with E-state index in [-0.39, 0.29) is 24.1 Å². The summed E-state index contributed by atoms with van der Waals surface area (Å²) in [6, 6.07) is 4.04. The highest BCUT2D eigenvalue weighted by atomic mass is 19.4. The van der Waals surface area contributed by atoms with Crippen LogP contribution in [0.15, 0.2) is 42.9 Å². The normalized spacial score (nSPS) is 22.8. The summed E-state index contributed by atoms with van der Waals surface area (Å²) >= 11 is 0. The first kappa shape index (κ1) is 25.6. The number of rotatable bonds is 6. The Balaban J connectivity index is 1.50. The van der Waals surface area contributed by atoms with E-state index < -0.39 is 41.8 Å². The summed E-state index contributed by atoms with van der Waals surface area (Å²) in [6.45, 7) is 3.58. The van der Waals surface area contributed by atoms with Crippen LogP contribution in [0.4, 0.5) is 13.2 Å². The molecule has 2 fully saturated rings. The third-order valence-electron chi connectivity index (χ3n) is 6.85. The molecule has 200 valence electrons. The molecule has 3 aromatic heterocycles. The van der Waals surface area contributed by atoms with E-state index in [0.29, 0.717) is 36.8 Å². The summed E-state index contributed by atoms with van der Waals surface area (Å²) in [5.74, 6) is -1.20. The lowest BCUT2D eigenvalue weighted by Gasteiger charge is -2.33. The number of hydrogen-bond acceptors (Lipinski definition) is 8. The maximum Gasteiger partial charge on any atom is 0.417 e. The van der Waals surface area contributed by atoms with Crippen molar-refractivity contribution in [3.05, 3.63) is 59.8 Å². The summed E-state index contributed by atoms with van der Waals surface area (Å²) in [5.41, 5.74) is 0.103. The van der Waals surface area contributed by atoms with E-state index in [1.54, 1.807) is 26.0 Å². The van der Waals surface area contributed by atoms with Crippen molar-refractivity contribution in [1.29, 1.82) is 0 Å². The number of likely N-dealkylation sites (tertiary alicyclic amines) is 1. The minimum atomic E-state index is -4.52. The van der Waals surface area contributed by atoms with Gasteiger partial charge in [-0.3, -0.25) is 4.79 Å². The Labute approximate surface area is 215 Å². The van der Waals surface area contributed by atoms with Gasteiger partial charge in [0.1, 0.15) is 17.8 Å². The van der Waals surface area contributed by atoms with E-state index in [9.17, 15) is 22.8 Å². The molecule has 4 unspecified atom stereocenters. The molecule has 1 saturated carbocycles. The van der Waals surface area contributed by atoms with Crippen LogP contribution in [-0.2, 0) is 15.7 Å². The number of carbonyl (C=O) groups excluding carboxylic acids is 2. The standard InChI is InChI=1S/C25H25F3N6O4/c1-3-37-24(36)22-15-5-8-19(38-20-9-6-16(13-29-20)25(26,27)28)18(12-15)33(22)23(35)21-17(7-4-14(2)32-21)34-30-10-11-31-34/h4,6-7,9-11,13,15,18-19,22H,3,5,8,12H2,1-2H3. The van der Waals surface area contributed by atoms with Crippen LogP contribution in [0.2, 0.25) is 0 Å². The zero-order valence-electron chi connectivity index (χ0n) is 20.6. The van der Waals surface area contributed by atoms with E-state index >= 15 is 0 Å². The second kappa shape index (κ2) is 10.0. The third kappa shape index (κ3) is 4.79. The van der Waals surface area contributed by atoms with Crippen LogP contribution in [0.1, 0.15) is 47.9 Å². The Hall–Kier alpha value is -4.03. The zero-order valence-corrected chi connectivity index (χ0v) is 20.6. The van der Waals surface area contributed by atoms with Gasteiger partial charge in [0.2, 0.25) is 5.88 Å².